The molecule has 1 atom stereocenters. The van der Waals surface area contributed by atoms with Crippen LogP contribution in [0.1, 0.15) is 40.0 Å². The van der Waals surface area contributed by atoms with Gasteiger partial charge in [-0.05, 0) is 30.7 Å². The zero-order chi connectivity index (χ0) is 10.5. The molecule has 0 aliphatic carbocycles. The van der Waals surface area contributed by atoms with Crippen LogP contribution in [-0.4, -0.2) is 17.6 Å². The maximum Gasteiger partial charge on any atom is 0.303 e. The molecule has 3 nitrogen and oxygen atoms in total. The second kappa shape index (κ2) is 5.22. The molecule has 1 unspecified atom stereocenters. The third kappa shape index (κ3) is 7.78. The molecular formula is C10H21NO2. The normalized spacial score (nSPS) is 14.2. The van der Waals surface area contributed by atoms with Gasteiger partial charge in [0, 0.05) is 6.42 Å². The van der Waals surface area contributed by atoms with Gasteiger partial charge in [-0.2, -0.15) is 0 Å². The van der Waals surface area contributed by atoms with Crippen LogP contribution in [0.25, 0.3) is 0 Å². The minimum atomic E-state index is -0.746. The van der Waals surface area contributed by atoms with Crippen LogP contribution < -0.4 is 5.73 Å². The molecule has 3 N–H and O–H groups in total. The molecule has 0 aromatic rings. The predicted molar refractivity (Wildman–Crippen MR) is 53.5 cm³/mol. The van der Waals surface area contributed by atoms with Crippen LogP contribution in [0, 0.1) is 11.3 Å². The van der Waals surface area contributed by atoms with Crippen LogP contribution in [0.3, 0.4) is 0 Å². The van der Waals surface area contributed by atoms with E-state index in [9.17, 15) is 4.79 Å². The van der Waals surface area contributed by atoms with Crippen LogP contribution in [-0.2, 0) is 4.79 Å². The largest absolute Gasteiger partial charge is 0.481 e. The van der Waals surface area contributed by atoms with Crippen molar-refractivity contribution in [1.29, 1.82) is 0 Å². The molecule has 0 fully saturated rings. The Morgan fingerprint density at radius 2 is 2.00 bits per heavy atom. The van der Waals surface area contributed by atoms with E-state index in [1.54, 1.807) is 0 Å². The monoisotopic (exact) mass is 187 g/mol. The SMILES string of the molecule is CC(C)(C)CCC(CN)CC(=O)O. The summed E-state index contributed by atoms with van der Waals surface area (Å²) in [5, 5.41) is 8.59. The lowest BCUT2D eigenvalue weighted by Gasteiger charge is -2.21. The van der Waals surface area contributed by atoms with Gasteiger partial charge in [0.2, 0.25) is 0 Å². The lowest BCUT2D eigenvalue weighted by atomic mass is 9.86. The first-order chi connectivity index (χ1) is 5.85. The summed E-state index contributed by atoms with van der Waals surface area (Å²) >= 11 is 0. The highest BCUT2D eigenvalue weighted by Gasteiger charge is 2.16. The fourth-order valence-electron chi connectivity index (χ4n) is 1.19. The smallest absolute Gasteiger partial charge is 0.303 e. The molecule has 0 bridgehead atoms. The molecule has 0 heterocycles. The molecule has 0 aromatic heterocycles. The first kappa shape index (κ1) is 12.4. The summed E-state index contributed by atoms with van der Waals surface area (Å²) < 4.78 is 0. The minimum Gasteiger partial charge on any atom is -0.481 e. The highest BCUT2D eigenvalue weighted by atomic mass is 16.4. The summed E-state index contributed by atoms with van der Waals surface area (Å²) in [6.45, 7) is 6.94. The van der Waals surface area contributed by atoms with Crippen LogP contribution in [0.4, 0.5) is 0 Å². The molecule has 3 heteroatoms. The number of carboxylic acid groups (broad SMARTS) is 1. The Balaban J connectivity index is 3.79. The van der Waals surface area contributed by atoms with Crippen molar-refractivity contribution in [2.24, 2.45) is 17.1 Å². The zero-order valence-electron chi connectivity index (χ0n) is 8.84. The Morgan fingerprint density at radius 1 is 1.46 bits per heavy atom. The van der Waals surface area contributed by atoms with Gasteiger partial charge in [-0.1, -0.05) is 20.8 Å². The van der Waals surface area contributed by atoms with Gasteiger partial charge in [-0.15, -0.1) is 0 Å². The molecule has 0 aliphatic heterocycles. The molecule has 0 radical (unpaired) electrons. The van der Waals surface area contributed by atoms with Crippen molar-refractivity contribution >= 4 is 5.97 Å². The second-order valence-corrected chi connectivity index (χ2v) is 4.80. The minimum absolute atomic E-state index is 0.136. The zero-order valence-corrected chi connectivity index (χ0v) is 8.84. The number of carbonyl (C=O) groups is 1. The van der Waals surface area contributed by atoms with Gasteiger partial charge in [-0.3, -0.25) is 4.79 Å². The Kier molecular flexibility index (Phi) is 4.99. The van der Waals surface area contributed by atoms with Gasteiger partial charge in [0.25, 0.3) is 0 Å². The number of hydrogen-bond donors (Lipinski definition) is 2. The van der Waals surface area contributed by atoms with E-state index in [2.05, 4.69) is 20.8 Å². The lowest BCUT2D eigenvalue weighted by molar-refractivity contribution is -0.138. The van der Waals surface area contributed by atoms with E-state index in [1.165, 1.54) is 0 Å². The van der Waals surface area contributed by atoms with Crippen LogP contribution >= 0.6 is 0 Å². The quantitative estimate of drug-likeness (QED) is 0.690. The van der Waals surface area contributed by atoms with Gasteiger partial charge in [0.05, 0.1) is 0 Å². The molecule has 78 valence electrons. The van der Waals surface area contributed by atoms with Crippen LogP contribution in [0.15, 0.2) is 0 Å². The van der Waals surface area contributed by atoms with Gasteiger partial charge in [-0.25, -0.2) is 0 Å². The summed E-state index contributed by atoms with van der Waals surface area (Å²) in [6, 6.07) is 0. The Morgan fingerprint density at radius 3 is 2.31 bits per heavy atom. The topological polar surface area (TPSA) is 63.3 Å². The summed E-state index contributed by atoms with van der Waals surface area (Å²) in [7, 11) is 0. The number of nitrogens with two attached hydrogens (primary N) is 1. The van der Waals surface area contributed by atoms with Gasteiger partial charge < -0.3 is 10.8 Å². The van der Waals surface area contributed by atoms with Crippen molar-refractivity contribution in [3.63, 3.8) is 0 Å². The number of carboxylic acids is 1. The number of aliphatic carboxylic acids is 1. The molecule has 0 aromatic carbocycles. The van der Waals surface area contributed by atoms with Crippen molar-refractivity contribution in [1.82, 2.24) is 0 Å². The molecule has 0 spiro atoms. The van der Waals surface area contributed by atoms with E-state index in [4.69, 9.17) is 10.8 Å². The van der Waals surface area contributed by atoms with Crippen molar-refractivity contribution in [2.75, 3.05) is 6.54 Å². The second-order valence-electron chi connectivity index (χ2n) is 4.80. The fourth-order valence-corrected chi connectivity index (χ4v) is 1.19. The van der Waals surface area contributed by atoms with Crippen molar-refractivity contribution in [3.05, 3.63) is 0 Å². The fraction of sp³-hybridized carbons (Fsp3) is 0.900. The molecule has 0 saturated heterocycles. The van der Waals surface area contributed by atoms with Crippen molar-refractivity contribution in [2.45, 2.75) is 40.0 Å². The standard InChI is InChI=1S/C10H21NO2/c1-10(2,3)5-4-8(7-11)6-9(12)13/h8H,4-7,11H2,1-3H3,(H,12,13). The van der Waals surface area contributed by atoms with Crippen LogP contribution in [0.2, 0.25) is 0 Å². The lowest BCUT2D eigenvalue weighted by Crippen LogP contribution is -2.20. The van der Waals surface area contributed by atoms with E-state index in [-0.39, 0.29) is 17.8 Å². The molecule has 0 saturated carbocycles. The first-order valence-corrected chi connectivity index (χ1v) is 4.77. The average molecular weight is 187 g/mol. The predicted octanol–water partition coefficient (Wildman–Crippen LogP) is 1.86. The third-order valence-electron chi connectivity index (χ3n) is 2.10. The first-order valence-electron chi connectivity index (χ1n) is 4.77. The highest BCUT2D eigenvalue weighted by Crippen LogP contribution is 2.24. The third-order valence-corrected chi connectivity index (χ3v) is 2.10. The van der Waals surface area contributed by atoms with E-state index in [1.807, 2.05) is 0 Å². The van der Waals surface area contributed by atoms with Crippen molar-refractivity contribution in [3.8, 4) is 0 Å². The van der Waals surface area contributed by atoms with Gasteiger partial charge >= 0.3 is 5.97 Å². The molecule has 0 aliphatic rings. The van der Waals surface area contributed by atoms with E-state index in [0.717, 1.165) is 12.8 Å². The molecule has 13 heavy (non-hydrogen) atoms. The summed E-state index contributed by atoms with van der Waals surface area (Å²) in [5.41, 5.74) is 5.76. The summed E-state index contributed by atoms with van der Waals surface area (Å²) in [5.74, 6) is -0.610. The molecular weight excluding hydrogens is 166 g/mol. The van der Waals surface area contributed by atoms with Gasteiger partial charge in [0.15, 0.2) is 0 Å². The molecule has 0 rings (SSSR count). The Hall–Kier alpha value is -0.570. The highest BCUT2D eigenvalue weighted by molar-refractivity contribution is 5.67. The molecule has 0 amide bonds. The van der Waals surface area contributed by atoms with Crippen LogP contribution in [0.5, 0.6) is 0 Å². The average Bonchev–Trinajstić information content (AvgIpc) is 1.95. The van der Waals surface area contributed by atoms with Crippen molar-refractivity contribution < 1.29 is 9.90 Å². The maximum atomic E-state index is 10.4. The summed E-state index contributed by atoms with van der Waals surface area (Å²) in [6.07, 6.45) is 2.14. The maximum absolute atomic E-state index is 10.4. The summed E-state index contributed by atoms with van der Waals surface area (Å²) in [4.78, 5) is 10.4. The van der Waals surface area contributed by atoms with Gasteiger partial charge in [0.1, 0.15) is 0 Å². The van der Waals surface area contributed by atoms with E-state index in [0.29, 0.717) is 6.54 Å². The number of hydrogen-bond acceptors (Lipinski definition) is 2. The van der Waals surface area contributed by atoms with E-state index < -0.39 is 5.97 Å². The Labute approximate surface area is 80.3 Å². The van der Waals surface area contributed by atoms with E-state index >= 15 is 0 Å². The Bertz CT molecular complexity index is 161. The number of rotatable bonds is 5.